The summed E-state index contributed by atoms with van der Waals surface area (Å²) in [5, 5.41) is 0. The second-order valence-electron chi connectivity index (χ2n) is 11.2. The van der Waals surface area contributed by atoms with E-state index in [9.17, 15) is 0 Å². The first kappa shape index (κ1) is 32.7. The maximum atomic E-state index is 3.95. The lowest BCUT2D eigenvalue weighted by Gasteiger charge is -2.10. The smallest absolute Gasteiger partial charge is 0.0239 e. The van der Waals surface area contributed by atoms with Crippen LogP contribution in [0.25, 0.3) is 0 Å². The lowest BCUT2D eigenvalue weighted by atomic mass is 9.99. The summed E-state index contributed by atoms with van der Waals surface area (Å²) in [6, 6.07) is 6.97. The minimum Gasteiger partial charge on any atom is -0.0654 e. The average molecular weight is 550 g/mol. The summed E-state index contributed by atoms with van der Waals surface area (Å²) in [7, 11) is 0. The molecule has 0 heterocycles. The van der Waals surface area contributed by atoms with Gasteiger partial charge in [-0.05, 0) is 36.8 Å². The van der Waals surface area contributed by atoms with E-state index in [2.05, 4.69) is 48.0 Å². The second-order valence-corrected chi connectivity index (χ2v) is 12.0. The van der Waals surface area contributed by atoms with Gasteiger partial charge in [0.25, 0.3) is 0 Å². The van der Waals surface area contributed by atoms with Crippen molar-refractivity contribution in [1.82, 2.24) is 0 Å². The zero-order valence-electron chi connectivity index (χ0n) is 24.0. The van der Waals surface area contributed by atoms with E-state index in [1.807, 2.05) is 0 Å². The highest BCUT2D eigenvalue weighted by Crippen LogP contribution is 2.26. The molecule has 1 rings (SSSR count). The van der Waals surface area contributed by atoms with Gasteiger partial charge in [-0.25, -0.2) is 0 Å². The molecule has 204 valence electrons. The van der Waals surface area contributed by atoms with E-state index in [0.29, 0.717) is 0 Å². The fourth-order valence-corrected chi connectivity index (χ4v) is 5.99. The van der Waals surface area contributed by atoms with Crippen molar-refractivity contribution in [2.24, 2.45) is 0 Å². The summed E-state index contributed by atoms with van der Waals surface area (Å²) in [5.41, 5.74) is 3.07. The van der Waals surface area contributed by atoms with Crippen molar-refractivity contribution < 1.29 is 0 Å². The quantitative estimate of drug-likeness (QED) is 0.101. The third kappa shape index (κ3) is 19.5. The predicted octanol–water partition coefficient (Wildman–Crippen LogP) is 12.9. The van der Waals surface area contributed by atoms with E-state index in [1.165, 1.54) is 183 Å². The Kier molecular flexibility index (Phi) is 23.7. The highest BCUT2D eigenvalue weighted by Gasteiger charge is 2.06. The Hall–Kier alpha value is -0.300. The zero-order valence-corrected chi connectivity index (χ0v) is 25.6. The maximum absolute atomic E-state index is 3.95. The lowest BCUT2D eigenvalue weighted by molar-refractivity contribution is 0.543. The van der Waals surface area contributed by atoms with Gasteiger partial charge in [-0.1, -0.05) is 189 Å². The summed E-state index contributed by atoms with van der Waals surface area (Å²) in [5.74, 6) is 0. The van der Waals surface area contributed by atoms with Gasteiger partial charge in [0.05, 0.1) is 0 Å². The molecule has 0 radical (unpaired) electrons. The fraction of sp³-hybridized carbons (Fsp3) is 0.824. The van der Waals surface area contributed by atoms with Crippen LogP contribution in [0.4, 0.5) is 0 Å². The van der Waals surface area contributed by atoms with Gasteiger partial charge in [-0.2, -0.15) is 0 Å². The molecule has 0 bridgehead atoms. The molecule has 0 atom stereocenters. The van der Waals surface area contributed by atoms with Crippen molar-refractivity contribution in [2.75, 3.05) is 0 Å². The molecule has 35 heavy (non-hydrogen) atoms. The molecule has 0 N–H and O–H groups in total. The first-order valence-electron chi connectivity index (χ1n) is 16.1. The molecule has 0 saturated heterocycles. The molecule has 0 amide bonds. The first-order valence-corrected chi connectivity index (χ1v) is 16.8. The van der Waals surface area contributed by atoms with Crippen LogP contribution >= 0.6 is 15.9 Å². The van der Waals surface area contributed by atoms with E-state index in [1.54, 1.807) is 0 Å². The van der Waals surface area contributed by atoms with Gasteiger partial charge in [0.15, 0.2) is 0 Å². The lowest BCUT2D eigenvalue weighted by Crippen LogP contribution is -1.94. The molecule has 1 heteroatoms. The molecule has 0 aliphatic heterocycles. The van der Waals surface area contributed by atoms with Crippen molar-refractivity contribution >= 4 is 15.9 Å². The number of hydrogen-bond acceptors (Lipinski definition) is 0. The minimum atomic E-state index is 1.24. The van der Waals surface area contributed by atoms with Gasteiger partial charge in [0, 0.05) is 4.47 Å². The van der Waals surface area contributed by atoms with Crippen molar-refractivity contribution in [1.29, 1.82) is 0 Å². The molecule has 0 unspecified atom stereocenters. The van der Waals surface area contributed by atoms with Gasteiger partial charge in [0.1, 0.15) is 0 Å². The molecule has 0 aliphatic rings. The standard InChI is InChI=1S/C34H61Br/c1-3-5-7-9-11-13-15-17-19-21-23-25-28-32-30-27-31-33(34(32)35)29-26-24-22-20-18-16-14-12-10-8-6-4-2/h27,30-31H,3-26,28-29H2,1-2H3. The third-order valence-corrected chi connectivity index (χ3v) is 8.78. The Bertz CT molecular complexity index is 517. The molecular weight excluding hydrogens is 488 g/mol. The van der Waals surface area contributed by atoms with Crippen molar-refractivity contribution in [3.63, 3.8) is 0 Å². The minimum absolute atomic E-state index is 1.24. The normalized spacial score (nSPS) is 11.4. The Labute approximate surface area is 230 Å². The number of aryl methyl sites for hydroxylation is 2. The summed E-state index contributed by atoms with van der Waals surface area (Å²) in [6.07, 6.45) is 36.7. The van der Waals surface area contributed by atoms with E-state index >= 15 is 0 Å². The van der Waals surface area contributed by atoms with Crippen molar-refractivity contribution in [3.05, 3.63) is 33.8 Å². The molecule has 0 aliphatic carbocycles. The summed E-state index contributed by atoms with van der Waals surface area (Å²) >= 11 is 3.95. The largest absolute Gasteiger partial charge is 0.0654 e. The monoisotopic (exact) mass is 548 g/mol. The summed E-state index contributed by atoms with van der Waals surface area (Å²) in [4.78, 5) is 0. The molecule has 0 saturated carbocycles. The van der Waals surface area contributed by atoms with Gasteiger partial charge in [-0.3, -0.25) is 0 Å². The van der Waals surface area contributed by atoms with E-state index in [4.69, 9.17) is 0 Å². The Morgan fingerprint density at radius 1 is 0.400 bits per heavy atom. The van der Waals surface area contributed by atoms with E-state index < -0.39 is 0 Å². The van der Waals surface area contributed by atoms with Crippen LogP contribution < -0.4 is 0 Å². The van der Waals surface area contributed by atoms with Crippen LogP contribution in [0.15, 0.2) is 22.7 Å². The summed E-state index contributed by atoms with van der Waals surface area (Å²) < 4.78 is 1.41. The topological polar surface area (TPSA) is 0 Å². The van der Waals surface area contributed by atoms with Crippen LogP contribution in [0.2, 0.25) is 0 Å². The molecule has 0 nitrogen and oxygen atoms in total. The van der Waals surface area contributed by atoms with Gasteiger partial charge >= 0.3 is 0 Å². The van der Waals surface area contributed by atoms with Gasteiger partial charge in [-0.15, -0.1) is 0 Å². The molecule has 0 spiro atoms. The van der Waals surface area contributed by atoms with Crippen molar-refractivity contribution in [3.8, 4) is 0 Å². The Morgan fingerprint density at radius 3 is 0.943 bits per heavy atom. The average Bonchev–Trinajstić information content (AvgIpc) is 2.87. The molecule has 0 aromatic heterocycles. The molecular formula is C34H61Br. The number of rotatable bonds is 26. The van der Waals surface area contributed by atoms with Crippen LogP contribution in [0.5, 0.6) is 0 Å². The fourth-order valence-electron chi connectivity index (χ4n) is 5.33. The highest BCUT2D eigenvalue weighted by atomic mass is 79.9. The number of hydrogen-bond donors (Lipinski definition) is 0. The maximum Gasteiger partial charge on any atom is 0.0239 e. The summed E-state index contributed by atoms with van der Waals surface area (Å²) in [6.45, 7) is 4.60. The van der Waals surface area contributed by atoms with Gasteiger partial charge in [0.2, 0.25) is 0 Å². The number of benzene rings is 1. The Balaban J connectivity index is 2.00. The molecule has 1 aromatic carbocycles. The molecule has 1 aromatic rings. The molecule has 0 fully saturated rings. The van der Waals surface area contributed by atoms with E-state index in [0.717, 1.165) is 0 Å². The SMILES string of the molecule is CCCCCCCCCCCCCCc1cccc(CCCCCCCCCCCCCC)c1Br. The van der Waals surface area contributed by atoms with Crippen LogP contribution in [-0.4, -0.2) is 0 Å². The Morgan fingerprint density at radius 2 is 0.657 bits per heavy atom. The zero-order chi connectivity index (χ0) is 25.2. The van der Waals surface area contributed by atoms with Crippen LogP contribution in [0, 0.1) is 0 Å². The van der Waals surface area contributed by atoms with E-state index in [-0.39, 0.29) is 0 Å². The third-order valence-electron chi connectivity index (χ3n) is 7.76. The van der Waals surface area contributed by atoms with Crippen molar-refractivity contribution in [2.45, 2.75) is 181 Å². The van der Waals surface area contributed by atoms with Crippen LogP contribution in [0.3, 0.4) is 0 Å². The predicted molar refractivity (Wildman–Crippen MR) is 164 cm³/mol. The first-order chi connectivity index (χ1) is 17.3. The highest BCUT2D eigenvalue weighted by molar-refractivity contribution is 9.10. The van der Waals surface area contributed by atoms with Crippen LogP contribution in [-0.2, 0) is 12.8 Å². The van der Waals surface area contributed by atoms with Gasteiger partial charge < -0.3 is 0 Å². The van der Waals surface area contributed by atoms with Crippen LogP contribution in [0.1, 0.15) is 179 Å². The number of halogens is 1. The number of unbranched alkanes of at least 4 members (excludes halogenated alkanes) is 22. The second kappa shape index (κ2) is 25.4.